The highest BCUT2D eigenvalue weighted by Crippen LogP contribution is 2.24. The Balaban J connectivity index is 1.98. The van der Waals surface area contributed by atoms with E-state index in [-0.39, 0.29) is 0 Å². The van der Waals surface area contributed by atoms with Crippen LogP contribution >= 0.6 is 0 Å². The van der Waals surface area contributed by atoms with E-state index in [0.717, 1.165) is 13.1 Å². The molecule has 0 N–H and O–H groups in total. The van der Waals surface area contributed by atoms with Gasteiger partial charge in [-0.2, -0.15) is 0 Å². The Hall–Kier alpha value is -1.24. The molecule has 0 amide bonds. The van der Waals surface area contributed by atoms with Crippen molar-refractivity contribution in [2.24, 2.45) is 0 Å². The first kappa shape index (κ1) is 7.41. The highest BCUT2D eigenvalue weighted by atomic mass is 15.3. The molecule has 0 atom stereocenters. The molecule has 1 aromatic rings. The lowest BCUT2D eigenvalue weighted by Crippen LogP contribution is -1.94. The van der Waals surface area contributed by atoms with Crippen molar-refractivity contribution in [3.05, 3.63) is 47.7 Å². The van der Waals surface area contributed by atoms with Crippen LogP contribution in [-0.4, -0.2) is 11.4 Å². The van der Waals surface area contributed by atoms with E-state index in [9.17, 15) is 0 Å². The summed E-state index contributed by atoms with van der Waals surface area (Å²) in [7, 11) is 0. The fraction of sp³-hybridized carbons (Fsp3) is 0.273. The third-order valence-electron chi connectivity index (χ3n) is 2.21. The van der Waals surface area contributed by atoms with E-state index >= 15 is 0 Å². The van der Waals surface area contributed by atoms with E-state index in [4.69, 9.17) is 0 Å². The summed E-state index contributed by atoms with van der Waals surface area (Å²) in [6.07, 6.45) is 2.18. The van der Waals surface area contributed by atoms with Gasteiger partial charge in [0, 0.05) is 12.2 Å². The average Bonchev–Trinajstić information content (AvgIpc) is 2.85. The normalized spacial score (nSPS) is 18.4. The van der Waals surface area contributed by atoms with Gasteiger partial charge in [0.1, 0.15) is 0 Å². The van der Waals surface area contributed by atoms with Gasteiger partial charge in [-0.05, 0) is 12.5 Å². The van der Waals surface area contributed by atoms with Crippen molar-refractivity contribution in [1.82, 2.24) is 4.90 Å². The summed E-state index contributed by atoms with van der Waals surface area (Å²) in [6.45, 7) is 4.33. The van der Waals surface area contributed by atoms with Crippen molar-refractivity contribution in [2.45, 2.75) is 13.5 Å². The number of benzene rings is 1. The molecule has 1 aliphatic rings. The molecule has 0 saturated carbocycles. The van der Waals surface area contributed by atoms with E-state index in [1.54, 1.807) is 0 Å². The van der Waals surface area contributed by atoms with E-state index in [1.165, 1.54) is 11.3 Å². The van der Waals surface area contributed by atoms with Crippen LogP contribution in [-0.2, 0) is 6.54 Å². The third-order valence-corrected chi connectivity index (χ3v) is 2.21. The molecule has 0 bridgehead atoms. The lowest BCUT2D eigenvalue weighted by molar-refractivity contribution is 0.580. The van der Waals surface area contributed by atoms with Crippen LogP contribution in [0.15, 0.2) is 42.1 Å². The minimum absolute atomic E-state index is 1.07. The molecular formula is C11H13N. The average molecular weight is 159 g/mol. The third kappa shape index (κ3) is 1.50. The molecule has 0 aromatic heterocycles. The van der Waals surface area contributed by atoms with Gasteiger partial charge in [-0.15, -0.1) is 0 Å². The molecule has 62 valence electrons. The van der Waals surface area contributed by atoms with Gasteiger partial charge in [-0.25, -0.2) is 0 Å². The molecule has 1 aliphatic heterocycles. The molecule has 0 radical (unpaired) electrons. The fourth-order valence-corrected chi connectivity index (χ4v) is 1.40. The van der Waals surface area contributed by atoms with Gasteiger partial charge in [0.2, 0.25) is 0 Å². The maximum Gasteiger partial charge on any atom is 0.0576 e. The highest BCUT2D eigenvalue weighted by molar-refractivity contribution is 5.22. The van der Waals surface area contributed by atoms with Crippen LogP contribution in [0.1, 0.15) is 12.5 Å². The Morgan fingerprint density at radius 2 is 2.08 bits per heavy atom. The number of rotatable bonds is 2. The van der Waals surface area contributed by atoms with Crippen LogP contribution in [0.2, 0.25) is 0 Å². The second-order valence-corrected chi connectivity index (χ2v) is 3.12. The Morgan fingerprint density at radius 3 is 2.67 bits per heavy atom. The lowest BCUT2D eigenvalue weighted by atomic mass is 10.2. The van der Waals surface area contributed by atoms with Crippen molar-refractivity contribution >= 4 is 0 Å². The minimum Gasteiger partial charge on any atom is -0.364 e. The maximum absolute atomic E-state index is 2.37. The first-order valence-corrected chi connectivity index (χ1v) is 4.34. The number of hydrogen-bond acceptors (Lipinski definition) is 1. The van der Waals surface area contributed by atoms with E-state index in [2.05, 4.69) is 48.2 Å². The zero-order valence-electron chi connectivity index (χ0n) is 7.33. The van der Waals surface area contributed by atoms with Crippen LogP contribution < -0.4 is 0 Å². The van der Waals surface area contributed by atoms with Crippen molar-refractivity contribution in [1.29, 1.82) is 0 Å². The number of allylic oxidation sites excluding steroid dienone is 1. The van der Waals surface area contributed by atoms with Gasteiger partial charge in [0.25, 0.3) is 0 Å². The summed E-state index contributed by atoms with van der Waals surface area (Å²) in [6, 6.07) is 10.6. The first-order chi connectivity index (χ1) is 5.90. The quantitative estimate of drug-likeness (QED) is 0.599. The predicted octanol–water partition coefficient (Wildman–Crippen LogP) is 2.41. The predicted molar refractivity (Wildman–Crippen MR) is 50.6 cm³/mol. The Bertz CT molecular complexity index is 287. The van der Waals surface area contributed by atoms with Gasteiger partial charge >= 0.3 is 0 Å². The Labute approximate surface area is 73.3 Å². The number of nitrogens with zero attached hydrogens (tertiary/aromatic N) is 1. The molecular weight excluding hydrogens is 146 g/mol. The van der Waals surface area contributed by atoms with E-state index in [0.29, 0.717) is 0 Å². The molecule has 1 heteroatoms. The van der Waals surface area contributed by atoms with E-state index in [1.807, 2.05) is 0 Å². The van der Waals surface area contributed by atoms with Crippen LogP contribution in [0.25, 0.3) is 0 Å². The van der Waals surface area contributed by atoms with Crippen LogP contribution in [0, 0.1) is 0 Å². The van der Waals surface area contributed by atoms with Crippen molar-refractivity contribution in [2.75, 3.05) is 6.54 Å². The van der Waals surface area contributed by atoms with Crippen molar-refractivity contribution in [3.8, 4) is 0 Å². The molecule has 1 fully saturated rings. The molecule has 1 aromatic carbocycles. The largest absolute Gasteiger partial charge is 0.364 e. The van der Waals surface area contributed by atoms with Gasteiger partial charge in [-0.1, -0.05) is 36.4 Å². The standard InChI is InChI=1S/C11H13N/c1-2-11-9-12(11)8-10-6-4-3-5-7-10/h2-7H,8-9H2,1H3/b11-2-. The summed E-state index contributed by atoms with van der Waals surface area (Å²) < 4.78 is 0. The molecule has 12 heavy (non-hydrogen) atoms. The molecule has 1 heterocycles. The monoisotopic (exact) mass is 159 g/mol. The first-order valence-electron chi connectivity index (χ1n) is 4.34. The topological polar surface area (TPSA) is 3.01 Å². The summed E-state index contributed by atoms with van der Waals surface area (Å²) in [5.74, 6) is 0. The Morgan fingerprint density at radius 1 is 1.33 bits per heavy atom. The molecule has 1 nitrogen and oxygen atoms in total. The molecule has 0 aliphatic carbocycles. The SMILES string of the molecule is C/C=C1/CN1Cc1ccccc1. The summed E-state index contributed by atoms with van der Waals surface area (Å²) in [5, 5.41) is 0. The summed E-state index contributed by atoms with van der Waals surface area (Å²) in [4.78, 5) is 2.37. The number of hydrogen-bond donors (Lipinski definition) is 0. The molecule has 2 rings (SSSR count). The molecule has 1 saturated heterocycles. The lowest BCUT2D eigenvalue weighted by Gasteiger charge is -2.00. The van der Waals surface area contributed by atoms with Crippen molar-refractivity contribution < 1.29 is 0 Å². The maximum atomic E-state index is 2.37. The van der Waals surface area contributed by atoms with Gasteiger partial charge < -0.3 is 4.90 Å². The molecule has 0 unspecified atom stereocenters. The van der Waals surface area contributed by atoms with Crippen LogP contribution in [0.3, 0.4) is 0 Å². The van der Waals surface area contributed by atoms with Crippen molar-refractivity contribution in [3.63, 3.8) is 0 Å². The minimum atomic E-state index is 1.07. The van der Waals surface area contributed by atoms with E-state index < -0.39 is 0 Å². The molecule has 0 spiro atoms. The summed E-state index contributed by atoms with van der Waals surface area (Å²) in [5.41, 5.74) is 2.87. The van der Waals surface area contributed by atoms with Gasteiger partial charge in [0.05, 0.1) is 6.54 Å². The zero-order valence-corrected chi connectivity index (χ0v) is 7.33. The Kier molecular flexibility index (Phi) is 1.86. The second-order valence-electron chi connectivity index (χ2n) is 3.12. The van der Waals surface area contributed by atoms with Gasteiger partial charge in [0.15, 0.2) is 0 Å². The highest BCUT2D eigenvalue weighted by Gasteiger charge is 2.22. The van der Waals surface area contributed by atoms with Crippen LogP contribution in [0.4, 0.5) is 0 Å². The van der Waals surface area contributed by atoms with Crippen LogP contribution in [0.5, 0.6) is 0 Å². The zero-order chi connectivity index (χ0) is 8.39. The summed E-state index contributed by atoms with van der Waals surface area (Å²) >= 11 is 0. The fourth-order valence-electron chi connectivity index (χ4n) is 1.40. The van der Waals surface area contributed by atoms with Gasteiger partial charge in [-0.3, -0.25) is 0 Å². The smallest absolute Gasteiger partial charge is 0.0576 e. The second kappa shape index (κ2) is 3.02.